The van der Waals surface area contributed by atoms with E-state index in [-0.39, 0.29) is 5.91 Å². The molecular formula is C24H28N4O3S. The lowest BCUT2D eigenvalue weighted by molar-refractivity contribution is -0.116. The Morgan fingerprint density at radius 3 is 2.44 bits per heavy atom. The van der Waals surface area contributed by atoms with E-state index in [9.17, 15) is 4.79 Å². The van der Waals surface area contributed by atoms with Gasteiger partial charge in [0.25, 0.3) is 0 Å². The number of carbonyl (C=O) groups excluding carboxylic acids is 1. The number of amides is 1. The van der Waals surface area contributed by atoms with Crippen molar-refractivity contribution in [2.24, 2.45) is 0 Å². The number of thiazole rings is 1. The van der Waals surface area contributed by atoms with Crippen LogP contribution in [0.4, 0.5) is 17.1 Å². The topological polar surface area (TPSA) is 66.9 Å². The van der Waals surface area contributed by atoms with Crippen LogP contribution in [0.25, 0.3) is 10.2 Å². The molecule has 2 aromatic carbocycles. The van der Waals surface area contributed by atoms with Gasteiger partial charge >= 0.3 is 0 Å². The molecular weight excluding hydrogens is 424 g/mol. The van der Waals surface area contributed by atoms with Crippen LogP contribution in [0.3, 0.4) is 0 Å². The van der Waals surface area contributed by atoms with Gasteiger partial charge in [0, 0.05) is 44.7 Å². The lowest BCUT2D eigenvalue weighted by Crippen LogP contribution is -2.38. The third kappa shape index (κ3) is 4.87. The van der Waals surface area contributed by atoms with E-state index in [0.717, 1.165) is 66.0 Å². The molecule has 8 heteroatoms. The van der Waals surface area contributed by atoms with Gasteiger partial charge < -0.3 is 24.6 Å². The first-order valence-corrected chi connectivity index (χ1v) is 12.0. The number of hydrogen-bond donors (Lipinski definition) is 1. The predicted octanol–water partition coefficient (Wildman–Crippen LogP) is 3.54. The highest BCUT2D eigenvalue weighted by molar-refractivity contribution is 7.18. The summed E-state index contributed by atoms with van der Waals surface area (Å²) in [7, 11) is 0. The van der Waals surface area contributed by atoms with Crippen LogP contribution >= 0.6 is 11.3 Å². The molecule has 0 bridgehead atoms. The smallest absolute Gasteiger partial charge is 0.224 e. The summed E-state index contributed by atoms with van der Waals surface area (Å²) < 4.78 is 12.2. The molecule has 2 saturated heterocycles. The largest absolute Gasteiger partial charge is 0.378 e. The van der Waals surface area contributed by atoms with E-state index in [0.29, 0.717) is 26.1 Å². The molecule has 0 atom stereocenters. The van der Waals surface area contributed by atoms with Crippen molar-refractivity contribution in [1.29, 1.82) is 0 Å². The number of nitrogens with one attached hydrogen (secondary N) is 1. The normalized spacial score (nSPS) is 17.0. The lowest BCUT2D eigenvalue weighted by Gasteiger charge is -2.33. The number of benzene rings is 2. The van der Waals surface area contributed by atoms with Crippen molar-refractivity contribution in [3.8, 4) is 0 Å². The minimum Gasteiger partial charge on any atom is -0.378 e. The minimum absolute atomic E-state index is 0.0119. The number of carbonyl (C=O) groups is 1. The summed E-state index contributed by atoms with van der Waals surface area (Å²) >= 11 is 1.66. The summed E-state index contributed by atoms with van der Waals surface area (Å²) in [5, 5.41) is 4.15. The third-order valence-electron chi connectivity index (χ3n) is 5.89. The van der Waals surface area contributed by atoms with Crippen LogP contribution in [0.5, 0.6) is 0 Å². The van der Waals surface area contributed by atoms with Crippen molar-refractivity contribution >= 4 is 44.5 Å². The molecule has 2 fully saturated rings. The molecule has 168 valence electrons. The van der Waals surface area contributed by atoms with Gasteiger partial charge in [0.1, 0.15) is 0 Å². The highest BCUT2D eigenvalue weighted by Crippen LogP contribution is 2.32. The summed E-state index contributed by atoms with van der Waals surface area (Å²) in [6.07, 6.45) is 1.05. The van der Waals surface area contributed by atoms with Crippen molar-refractivity contribution in [1.82, 2.24) is 4.98 Å². The molecule has 1 amide bonds. The summed E-state index contributed by atoms with van der Waals surface area (Å²) in [5.41, 5.74) is 4.09. The van der Waals surface area contributed by atoms with Crippen LogP contribution in [-0.2, 0) is 20.7 Å². The van der Waals surface area contributed by atoms with Gasteiger partial charge in [0.15, 0.2) is 0 Å². The average molecular weight is 453 g/mol. The van der Waals surface area contributed by atoms with Crippen molar-refractivity contribution < 1.29 is 14.3 Å². The summed E-state index contributed by atoms with van der Waals surface area (Å²) in [6, 6.07) is 14.4. The van der Waals surface area contributed by atoms with Gasteiger partial charge in [-0.05, 0) is 30.3 Å². The molecule has 3 heterocycles. The maximum atomic E-state index is 12.8. The Hall–Kier alpha value is -2.68. The average Bonchev–Trinajstić information content (AvgIpc) is 3.27. The molecule has 0 spiro atoms. The first kappa shape index (κ1) is 21.2. The van der Waals surface area contributed by atoms with Gasteiger partial charge in [-0.3, -0.25) is 4.79 Å². The molecule has 32 heavy (non-hydrogen) atoms. The summed E-state index contributed by atoms with van der Waals surface area (Å²) in [6.45, 7) is 6.31. The summed E-state index contributed by atoms with van der Waals surface area (Å²) in [4.78, 5) is 22.1. The molecule has 1 N–H and O–H groups in total. The molecule has 2 aliphatic heterocycles. The van der Waals surface area contributed by atoms with E-state index in [1.165, 1.54) is 5.69 Å². The zero-order valence-corrected chi connectivity index (χ0v) is 18.9. The second-order valence-electron chi connectivity index (χ2n) is 8.02. The first-order chi connectivity index (χ1) is 15.8. The first-order valence-electron chi connectivity index (χ1n) is 11.2. The SMILES string of the molecule is O=C(CCc1nc2ccccc2s1)Nc1ccc(N2CCOCC2)cc1N1CCOCC1. The number of nitrogens with zero attached hydrogens (tertiary/aromatic N) is 3. The number of morpholine rings is 2. The highest BCUT2D eigenvalue weighted by atomic mass is 32.1. The van der Waals surface area contributed by atoms with Crippen LogP contribution in [-0.4, -0.2) is 63.5 Å². The van der Waals surface area contributed by atoms with Gasteiger partial charge in [-0.25, -0.2) is 4.98 Å². The van der Waals surface area contributed by atoms with Gasteiger partial charge in [0.2, 0.25) is 5.91 Å². The predicted molar refractivity (Wildman–Crippen MR) is 129 cm³/mol. The zero-order chi connectivity index (χ0) is 21.8. The van der Waals surface area contributed by atoms with Crippen molar-refractivity contribution in [3.63, 3.8) is 0 Å². The molecule has 0 aliphatic carbocycles. The molecule has 3 aromatic rings. The highest BCUT2D eigenvalue weighted by Gasteiger charge is 2.19. The lowest BCUT2D eigenvalue weighted by atomic mass is 10.1. The summed E-state index contributed by atoms with van der Waals surface area (Å²) in [5.74, 6) is 0.0119. The molecule has 2 aliphatic rings. The molecule has 7 nitrogen and oxygen atoms in total. The molecule has 0 saturated carbocycles. The second kappa shape index (κ2) is 9.85. The zero-order valence-electron chi connectivity index (χ0n) is 18.1. The van der Waals surface area contributed by atoms with E-state index in [1.54, 1.807) is 11.3 Å². The van der Waals surface area contributed by atoms with Gasteiger partial charge in [-0.15, -0.1) is 11.3 Å². The van der Waals surface area contributed by atoms with Gasteiger partial charge in [-0.1, -0.05) is 12.1 Å². The van der Waals surface area contributed by atoms with Gasteiger partial charge in [0.05, 0.1) is 53.0 Å². The number of aryl methyl sites for hydroxylation is 1. The second-order valence-corrected chi connectivity index (χ2v) is 9.14. The fraction of sp³-hybridized carbons (Fsp3) is 0.417. The monoisotopic (exact) mass is 452 g/mol. The Kier molecular flexibility index (Phi) is 6.52. The van der Waals surface area contributed by atoms with Gasteiger partial charge in [-0.2, -0.15) is 0 Å². The number of anilines is 3. The van der Waals surface area contributed by atoms with E-state index < -0.39 is 0 Å². The van der Waals surface area contributed by atoms with Crippen LogP contribution < -0.4 is 15.1 Å². The molecule has 5 rings (SSSR count). The maximum Gasteiger partial charge on any atom is 0.224 e. The quantitative estimate of drug-likeness (QED) is 0.617. The molecule has 0 unspecified atom stereocenters. The van der Waals surface area contributed by atoms with E-state index in [1.807, 2.05) is 24.3 Å². The Morgan fingerprint density at radius 1 is 0.969 bits per heavy atom. The number of fused-ring (bicyclic) bond motifs is 1. The number of aromatic nitrogens is 1. The Labute approximate surface area is 191 Å². The maximum absolute atomic E-state index is 12.8. The van der Waals surface area contributed by atoms with Crippen molar-refractivity contribution in [2.75, 3.05) is 67.7 Å². The minimum atomic E-state index is 0.0119. The Bertz CT molecular complexity index is 1040. The van der Waals surface area contributed by atoms with E-state index in [2.05, 4.69) is 38.3 Å². The fourth-order valence-corrected chi connectivity index (χ4v) is 5.14. The van der Waals surface area contributed by atoms with Crippen LogP contribution in [0, 0.1) is 0 Å². The third-order valence-corrected chi connectivity index (χ3v) is 6.98. The van der Waals surface area contributed by atoms with Crippen molar-refractivity contribution in [2.45, 2.75) is 12.8 Å². The Morgan fingerprint density at radius 2 is 1.69 bits per heavy atom. The van der Waals surface area contributed by atoms with E-state index >= 15 is 0 Å². The van der Waals surface area contributed by atoms with Crippen LogP contribution in [0.1, 0.15) is 11.4 Å². The van der Waals surface area contributed by atoms with E-state index in [4.69, 9.17) is 9.47 Å². The van der Waals surface area contributed by atoms with Crippen LogP contribution in [0.2, 0.25) is 0 Å². The Balaban J connectivity index is 1.30. The number of rotatable bonds is 6. The fourth-order valence-electron chi connectivity index (χ4n) is 4.17. The number of hydrogen-bond acceptors (Lipinski definition) is 7. The number of ether oxygens (including phenoxy) is 2. The van der Waals surface area contributed by atoms with Crippen LogP contribution in [0.15, 0.2) is 42.5 Å². The molecule has 1 aromatic heterocycles. The number of para-hydroxylation sites is 1. The van der Waals surface area contributed by atoms with Crippen molar-refractivity contribution in [3.05, 3.63) is 47.5 Å². The standard InChI is InChI=1S/C24H28N4O3S/c29-23(7-8-24-26-20-3-1-2-4-22(20)32-24)25-19-6-5-18(27-9-13-30-14-10-27)17-21(19)28-11-15-31-16-12-28/h1-6,17H,7-16H2,(H,25,29). The molecule has 0 radical (unpaired) electrons.